The Hall–Kier alpha value is -2.95. The molecule has 3 aliphatic rings. The lowest BCUT2D eigenvalue weighted by Gasteiger charge is -2.36. The van der Waals surface area contributed by atoms with Crippen molar-refractivity contribution in [3.8, 4) is 34.6 Å². The topological polar surface area (TPSA) is 40.6 Å². The van der Waals surface area contributed by atoms with Gasteiger partial charge in [0.2, 0.25) is 5.88 Å². The number of benzene rings is 2. The highest BCUT2D eigenvalue weighted by Crippen LogP contribution is 2.40. The fraction of sp³-hybridized carbons (Fsp3) is 0. The second-order valence-electron chi connectivity index (χ2n) is 5.60. The first-order valence-corrected chi connectivity index (χ1v) is 7.18. The highest BCUT2D eigenvalue weighted by Gasteiger charge is 2.46. The maximum absolute atomic E-state index is 6.07. The van der Waals surface area contributed by atoms with Crippen molar-refractivity contribution in [2.75, 3.05) is 0 Å². The van der Waals surface area contributed by atoms with E-state index in [-0.39, 0.29) is 6.71 Å². The molecule has 0 fully saturated rings. The largest absolute Gasteiger partial charge is 0.458 e. The molecule has 0 spiro atoms. The molecule has 0 unspecified atom stereocenters. The van der Waals surface area contributed by atoms with Gasteiger partial charge in [-0.05, 0) is 30.3 Å². The minimum atomic E-state index is 0.0624. The van der Waals surface area contributed by atoms with Crippen molar-refractivity contribution in [2.24, 2.45) is 0 Å². The van der Waals surface area contributed by atoms with Crippen LogP contribution in [0.15, 0.2) is 48.7 Å². The van der Waals surface area contributed by atoms with Crippen LogP contribution in [0.1, 0.15) is 0 Å². The van der Waals surface area contributed by atoms with Gasteiger partial charge in [-0.15, -0.1) is 0 Å². The number of hydrogen-bond donors (Lipinski definition) is 0. The zero-order chi connectivity index (χ0) is 14.3. The van der Waals surface area contributed by atoms with Crippen molar-refractivity contribution < 1.29 is 14.2 Å². The third-order valence-electron chi connectivity index (χ3n) is 4.48. The summed E-state index contributed by atoms with van der Waals surface area (Å²) in [5.41, 5.74) is 3.12. The van der Waals surface area contributed by atoms with Crippen LogP contribution in [0.4, 0.5) is 0 Å². The molecule has 1 aromatic heterocycles. The molecule has 102 valence electrons. The summed E-state index contributed by atoms with van der Waals surface area (Å²) in [5.74, 6) is 4.76. The minimum absolute atomic E-state index is 0.0624. The van der Waals surface area contributed by atoms with Crippen LogP contribution >= 0.6 is 0 Å². The molecule has 3 aromatic rings. The van der Waals surface area contributed by atoms with Gasteiger partial charge in [-0.3, -0.25) is 0 Å². The molecule has 3 aliphatic heterocycles. The Morgan fingerprint density at radius 3 is 1.82 bits per heavy atom. The molecule has 4 heterocycles. The summed E-state index contributed by atoms with van der Waals surface area (Å²) in [4.78, 5) is 4.39. The van der Waals surface area contributed by atoms with E-state index in [1.807, 2.05) is 42.5 Å². The minimum Gasteiger partial charge on any atom is -0.458 e. The van der Waals surface area contributed by atoms with Crippen LogP contribution in [0.3, 0.4) is 0 Å². The Morgan fingerprint density at radius 2 is 1.18 bits per heavy atom. The van der Waals surface area contributed by atoms with E-state index in [4.69, 9.17) is 14.2 Å². The van der Waals surface area contributed by atoms with E-state index in [0.29, 0.717) is 5.88 Å². The number of aromatic nitrogens is 1. The van der Waals surface area contributed by atoms with Crippen LogP contribution in [0.2, 0.25) is 0 Å². The van der Waals surface area contributed by atoms with Gasteiger partial charge in [0, 0.05) is 22.6 Å². The monoisotopic (exact) mass is 285 g/mol. The van der Waals surface area contributed by atoms with E-state index in [0.717, 1.165) is 45.1 Å². The Balaban J connectivity index is 1.80. The van der Waals surface area contributed by atoms with Gasteiger partial charge in [0.15, 0.2) is 0 Å². The van der Waals surface area contributed by atoms with E-state index in [1.54, 1.807) is 6.20 Å². The van der Waals surface area contributed by atoms with E-state index in [9.17, 15) is 0 Å². The van der Waals surface area contributed by atoms with E-state index >= 15 is 0 Å². The lowest BCUT2D eigenvalue weighted by Crippen LogP contribution is -2.59. The van der Waals surface area contributed by atoms with Gasteiger partial charge >= 0.3 is 0 Å². The van der Waals surface area contributed by atoms with Gasteiger partial charge < -0.3 is 14.2 Å². The normalized spacial score (nSPS) is 14.5. The lowest BCUT2D eigenvalue weighted by molar-refractivity contribution is 0.434. The average Bonchev–Trinajstić information content (AvgIpc) is 2.55. The van der Waals surface area contributed by atoms with Gasteiger partial charge in [0.1, 0.15) is 28.7 Å². The van der Waals surface area contributed by atoms with Gasteiger partial charge in [-0.1, -0.05) is 12.1 Å². The van der Waals surface area contributed by atoms with E-state index < -0.39 is 0 Å². The number of hydrogen-bond acceptors (Lipinski definition) is 4. The van der Waals surface area contributed by atoms with Crippen molar-refractivity contribution in [3.05, 3.63) is 48.7 Å². The third-order valence-corrected chi connectivity index (χ3v) is 4.48. The van der Waals surface area contributed by atoms with Gasteiger partial charge in [0.25, 0.3) is 6.71 Å². The van der Waals surface area contributed by atoms with E-state index in [2.05, 4.69) is 4.98 Å². The molecule has 0 amide bonds. The van der Waals surface area contributed by atoms with Crippen molar-refractivity contribution in [2.45, 2.75) is 0 Å². The van der Waals surface area contributed by atoms with Crippen LogP contribution in [-0.2, 0) is 0 Å². The maximum Gasteiger partial charge on any atom is 0.272 e. The first-order valence-electron chi connectivity index (χ1n) is 7.18. The average molecular weight is 285 g/mol. The quantitative estimate of drug-likeness (QED) is 0.400. The van der Waals surface area contributed by atoms with Gasteiger partial charge in [-0.2, -0.15) is 0 Å². The van der Waals surface area contributed by atoms with Gasteiger partial charge in [0.05, 0.1) is 0 Å². The third kappa shape index (κ3) is 1.11. The summed E-state index contributed by atoms with van der Waals surface area (Å²) in [6.07, 6.45) is 1.72. The second kappa shape index (κ2) is 3.44. The van der Waals surface area contributed by atoms with Crippen LogP contribution < -0.4 is 30.6 Å². The molecule has 0 aliphatic carbocycles. The summed E-state index contributed by atoms with van der Waals surface area (Å²) in [7, 11) is 0. The molecule has 0 radical (unpaired) electrons. The molecule has 0 bridgehead atoms. The SMILES string of the molecule is c1cc2c3c(c1)Oc1ccnc4c1B3c1c(cccc1O4)O2. The Labute approximate surface area is 126 Å². The Morgan fingerprint density at radius 1 is 0.636 bits per heavy atom. The van der Waals surface area contributed by atoms with Crippen molar-refractivity contribution in [3.63, 3.8) is 0 Å². The number of rotatable bonds is 0. The number of nitrogens with zero attached hydrogens (tertiary/aromatic N) is 1. The molecule has 4 nitrogen and oxygen atoms in total. The van der Waals surface area contributed by atoms with Crippen molar-refractivity contribution >= 4 is 23.1 Å². The molecular formula is C17H8BNO3. The van der Waals surface area contributed by atoms with Crippen LogP contribution in [-0.4, -0.2) is 11.7 Å². The molecule has 0 saturated heterocycles. The molecule has 0 atom stereocenters. The van der Waals surface area contributed by atoms with Gasteiger partial charge in [-0.25, -0.2) is 4.98 Å². The summed E-state index contributed by atoms with van der Waals surface area (Å²) < 4.78 is 18.1. The summed E-state index contributed by atoms with van der Waals surface area (Å²) in [6, 6.07) is 13.7. The zero-order valence-corrected chi connectivity index (χ0v) is 11.4. The lowest BCUT2D eigenvalue weighted by atomic mass is 9.34. The standard InChI is InChI=1S/C17H8BNO3/c1-3-9-14-10(4-1)21-13-7-8-19-17-16(13)18(14)15-11(20-9)5-2-6-12(15)22-17/h1-8H. The molecule has 22 heavy (non-hydrogen) atoms. The number of pyridine rings is 1. The molecule has 6 rings (SSSR count). The molecule has 5 heteroatoms. The summed E-state index contributed by atoms with van der Waals surface area (Å²) >= 11 is 0. The highest BCUT2D eigenvalue weighted by molar-refractivity contribution is 6.99. The Bertz CT molecular complexity index is 798. The molecular weight excluding hydrogens is 277 g/mol. The van der Waals surface area contributed by atoms with Crippen LogP contribution in [0.5, 0.6) is 34.6 Å². The smallest absolute Gasteiger partial charge is 0.272 e. The first-order chi connectivity index (χ1) is 10.9. The fourth-order valence-corrected chi connectivity index (χ4v) is 3.62. The van der Waals surface area contributed by atoms with E-state index in [1.165, 1.54) is 0 Å². The molecule has 0 N–H and O–H groups in total. The highest BCUT2D eigenvalue weighted by atomic mass is 16.5. The summed E-state index contributed by atoms with van der Waals surface area (Å²) in [6.45, 7) is 0.0624. The Kier molecular flexibility index (Phi) is 1.68. The molecule has 2 aromatic carbocycles. The van der Waals surface area contributed by atoms with Crippen molar-refractivity contribution in [1.29, 1.82) is 0 Å². The first kappa shape index (κ1) is 10.7. The molecule has 0 saturated carbocycles. The maximum atomic E-state index is 6.07. The second-order valence-corrected chi connectivity index (χ2v) is 5.60. The zero-order valence-electron chi connectivity index (χ0n) is 11.4. The predicted octanol–water partition coefficient (Wildman–Crippen LogP) is 1.91. The predicted molar refractivity (Wildman–Crippen MR) is 82.0 cm³/mol. The van der Waals surface area contributed by atoms with Crippen molar-refractivity contribution in [1.82, 2.24) is 4.98 Å². The number of ether oxygens (including phenoxy) is 3. The van der Waals surface area contributed by atoms with Crippen LogP contribution in [0.25, 0.3) is 0 Å². The van der Waals surface area contributed by atoms with Crippen LogP contribution in [0, 0.1) is 0 Å². The summed E-state index contributed by atoms with van der Waals surface area (Å²) in [5, 5.41) is 0. The fourth-order valence-electron chi connectivity index (χ4n) is 3.62.